The van der Waals surface area contributed by atoms with Gasteiger partial charge in [0.15, 0.2) is 5.60 Å². The van der Waals surface area contributed by atoms with Crippen LogP contribution in [0.5, 0.6) is 0 Å². The number of ketones is 1. The third-order valence-electron chi connectivity index (χ3n) is 15.3. The lowest BCUT2D eigenvalue weighted by atomic mass is 9.38. The van der Waals surface area contributed by atoms with E-state index in [9.17, 15) is 39.3 Å². The number of fused-ring (bicyclic) bond motifs is 9. The topological polar surface area (TPSA) is 234 Å². The molecule has 20 atom stereocenters. The quantitative estimate of drug-likeness (QED) is 0.164. The van der Waals surface area contributed by atoms with Crippen LogP contribution in [0.2, 0.25) is 0 Å². The maximum atomic E-state index is 14.3. The van der Waals surface area contributed by atoms with Gasteiger partial charge in [-0.1, -0.05) is 13.8 Å². The van der Waals surface area contributed by atoms with E-state index in [0.29, 0.717) is 0 Å². The van der Waals surface area contributed by atoms with Gasteiger partial charge in [0.05, 0.1) is 29.1 Å². The Morgan fingerprint density at radius 2 is 1.50 bits per heavy atom. The molecule has 50 heavy (non-hydrogen) atoms. The molecule has 3 saturated heterocycles. The van der Waals surface area contributed by atoms with E-state index in [-0.39, 0.29) is 12.8 Å². The summed E-state index contributed by atoms with van der Waals surface area (Å²) in [7, 11) is 0. The number of nitrogens with two attached hydrogens (primary N) is 1. The Balaban J connectivity index is 1.42. The van der Waals surface area contributed by atoms with Crippen molar-refractivity contribution in [2.45, 2.75) is 134 Å². The first kappa shape index (κ1) is 34.4. The molecule has 3 aliphatic heterocycles. The molecule has 5 saturated carbocycles. The van der Waals surface area contributed by atoms with Crippen molar-refractivity contribution in [3.8, 4) is 0 Å². The Kier molecular flexibility index (Phi) is 6.77. The number of aliphatic hydroxyl groups is 3. The van der Waals surface area contributed by atoms with Gasteiger partial charge in [-0.25, -0.2) is 4.79 Å². The van der Waals surface area contributed by atoms with E-state index in [1.165, 1.54) is 34.6 Å². The number of ether oxygens (including phenoxy) is 6. The lowest BCUT2D eigenvalue weighted by Gasteiger charge is -2.68. The third-order valence-corrected chi connectivity index (χ3v) is 15.3. The van der Waals surface area contributed by atoms with Crippen LogP contribution >= 0.6 is 0 Å². The van der Waals surface area contributed by atoms with Gasteiger partial charge in [0.1, 0.15) is 41.9 Å². The molecule has 15 nitrogen and oxygen atoms in total. The van der Waals surface area contributed by atoms with Gasteiger partial charge < -0.3 is 49.5 Å². The molecular formula is C35H47NO14. The zero-order valence-electron chi connectivity index (χ0n) is 29.4. The van der Waals surface area contributed by atoms with Crippen LogP contribution in [0, 0.1) is 51.8 Å². The van der Waals surface area contributed by atoms with Gasteiger partial charge in [0, 0.05) is 50.4 Å². The smallest absolute Gasteiger partial charge is 0.341 e. The molecule has 8 aliphatic rings. The first-order valence-corrected chi connectivity index (χ1v) is 17.6. The number of carbonyl (C=O) groups excluding carboxylic acids is 5. The molecule has 3 heterocycles. The minimum Gasteiger partial charge on any atom is -0.462 e. The number of rotatable bonds is 4. The van der Waals surface area contributed by atoms with Gasteiger partial charge in [-0.05, 0) is 44.9 Å². The number of hydrogen-bond acceptors (Lipinski definition) is 15. The number of carbonyl (C=O) groups is 5. The van der Waals surface area contributed by atoms with Crippen LogP contribution < -0.4 is 5.73 Å². The normalized spacial score (nSPS) is 59.1. The number of epoxide rings is 2. The highest BCUT2D eigenvalue weighted by molar-refractivity contribution is 5.87. The zero-order chi connectivity index (χ0) is 36.6. The molecule has 8 rings (SSSR count). The number of Topliss-reactive ketones (excluding diaryl/α,β-unsaturated/α-hetero) is 1. The second-order valence-electron chi connectivity index (χ2n) is 17.0. The summed E-state index contributed by atoms with van der Waals surface area (Å²) in [4.78, 5) is 66.8. The molecule has 0 radical (unpaired) electrons. The fraction of sp³-hybridized carbons (Fsp3) is 0.857. The summed E-state index contributed by atoms with van der Waals surface area (Å²) in [5.74, 6) is -9.84. The van der Waals surface area contributed by atoms with Gasteiger partial charge in [-0.3, -0.25) is 19.2 Å². The molecule has 276 valence electrons. The third kappa shape index (κ3) is 3.51. The predicted octanol–water partition coefficient (Wildman–Crippen LogP) is -0.476. The van der Waals surface area contributed by atoms with E-state index < -0.39 is 147 Å². The van der Waals surface area contributed by atoms with Crippen LogP contribution in [0.4, 0.5) is 0 Å². The molecule has 5 aliphatic carbocycles. The SMILES string of the molecule is CC(=O)O[C@H]1[C@@H]2[C@H]([C@H](C)[C@H]3O[C@]34OC(=O)[C@@](C)(O)[C@]24C)[C@@]2(C)[C@@H](OC(C)=O)CC3C([C@@H](OC(C)=O)[C@@H](N)[C@@]4(O)C[C@@H]5O[C@@H]5[C@H](O)[C@]34C(C)=O)[C@H]12. The first-order chi connectivity index (χ1) is 23.1. The Morgan fingerprint density at radius 1 is 0.900 bits per heavy atom. The van der Waals surface area contributed by atoms with Crippen molar-refractivity contribution in [2.75, 3.05) is 0 Å². The standard InChI is InChI=1S/C35H47NO14/c1-11-20-22(31(7)32(8,43)29(42)50-35(31)28(11)49-35)25(47-15(5)40)21-19-16(9-18(30(20,21)6)45-13(3)38)34(12(2)37)27(41)23-17(48-23)10-33(34,44)26(36)24(19)46-14(4)39/h11,16-28,41,43-44H,9-10,36H2,1-8H3/t11-,16?,17-,18-,19?,20-,21+,22-,23-,24+,25+,26+,27-,28+,30+,31-,32+,33-,34-,35-/m0/s1. The van der Waals surface area contributed by atoms with Gasteiger partial charge in [-0.2, -0.15) is 0 Å². The lowest BCUT2D eigenvalue weighted by molar-refractivity contribution is -0.286. The van der Waals surface area contributed by atoms with Crippen LogP contribution in [0.15, 0.2) is 0 Å². The molecule has 5 N–H and O–H groups in total. The number of hydrogen-bond donors (Lipinski definition) is 4. The molecule has 0 aromatic rings. The average Bonchev–Trinajstić information content (AvgIpc) is 3.89. The molecule has 0 aromatic carbocycles. The minimum absolute atomic E-state index is 0.0694. The van der Waals surface area contributed by atoms with E-state index in [2.05, 4.69) is 0 Å². The largest absolute Gasteiger partial charge is 0.462 e. The maximum Gasteiger partial charge on any atom is 0.341 e. The van der Waals surface area contributed by atoms with Crippen molar-refractivity contribution in [3.63, 3.8) is 0 Å². The van der Waals surface area contributed by atoms with Gasteiger partial charge in [-0.15, -0.1) is 0 Å². The molecule has 15 heteroatoms. The van der Waals surface area contributed by atoms with Crippen LogP contribution in [-0.2, 0) is 52.4 Å². The van der Waals surface area contributed by atoms with E-state index in [1.807, 2.05) is 13.8 Å². The second-order valence-corrected chi connectivity index (χ2v) is 17.0. The Hall–Kier alpha value is -2.69. The maximum absolute atomic E-state index is 14.3. The molecule has 0 bridgehead atoms. The van der Waals surface area contributed by atoms with E-state index in [1.54, 1.807) is 6.92 Å². The molecule has 0 aromatic heterocycles. The van der Waals surface area contributed by atoms with Gasteiger partial charge >= 0.3 is 23.9 Å². The summed E-state index contributed by atoms with van der Waals surface area (Å²) < 4.78 is 36.4. The fourth-order valence-corrected chi connectivity index (χ4v) is 13.5. The second kappa shape index (κ2) is 9.84. The molecule has 8 fully saturated rings. The molecule has 0 amide bonds. The Morgan fingerprint density at radius 3 is 2.08 bits per heavy atom. The predicted molar refractivity (Wildman–Crippen MR) is 164 cm³/mol. The van der Waals surface area contributed by atoms with Gasteiger partial charge in [0.25, 0.3) is 0 Å². The summed E-state index contributed by atoms with van der Waals surface area (Å²) in [6, 6.07) is -1.41. The van der Waals surface area contributed by atoms with Crippen molar-refractivity contribution >= 4 is 29.7 Å². The Bertz CT molecular complexity index is 1620. The summed E-state index contributed by atoms with van der Waals surface area (Å²) in [5, 5.41) is 36.9. The minimum atomic E-state index is -2.12. The first-order valence-electron chi connectivity index (χ1n) is 17.6. The summed E-state index contributed by atoms with van der Waals surface area (Å²) in [5.41, 5.74) is -1.91. The van der Waals surface area contributed by atoms with E-state index in [4.69, 9.17) is 34.2 Å². The molecule has 2 unspecified atom stereocenters. The lowest BCUT2D eigenvalue weighted by Crippen LogP contribution is -2.82. The number of esters is 4. The van der Waals surface area contributed by atoms with Crippen LogP contribution in [0.25, 0.3) is 0 Å². The highest BCUT2D eigenvalue weighted by Gasteiger charge is 2.93. The van der Waals surface area contributed by atoms with E-state index in [0.717, 1.165) is 0 Å². The zero-order valence-corrected chi connectivity index (χ0v) is 29.4. The van der Waals surface area contributed by atoms with Crippen molar-refractivity contribution in [2.24, 2.45) is 57.5 Å². The van der Waals surface area contributed by atoms with Crippen molar-refractivity contribution in [1.82, 2.24) is 0 Å². The fourth-order valence-electron chi connectivity index (χ4n) is 13.5. The average molecular weight is 706 g/mol. The molecular weight excluding hydrogens is 658 g/mol. The van der Waals surface area contributed by atoms with Crippen LogP contribution in [0.3, 0.4) is 0 Å². The van der Waals surface area contributed by atoms with Crippen molar-refractivity contribution in [3.05, 3.63) is 0 Å². The Labute approximate surface area is 288 Å². The summed E-state index contributed by atoms with van der Waals surface area (Å²) in [6.45, 7) is 11.8. The summed E-state index contributed by atoms with van der Waals surface area (Å²) in [6.07, 6.45) is -7.19. The van der Waals surface area contributed by atoms with Crippen molar-refractivity contribution < 1.29 is 67.7 Å². The summed E-state index contributed by atoms with van der Waals surface area (Å²) >= 11 is 0. The number of aliphatic hydroxyl groups excluding tert-OH is 1. The highest BCUT2D eigenvalue weighted by atomic mass is 16.8. The molecule has 1 spiro atoms. The van der Waals surface area contributed by atoms with Gasteiger partial charge in [0.2, 0.25) is 5.79 Å². The van der Waals surface area contributed by atoms with Crippen LogP contribution in [0.1, 0.15) is 68.2 Å². The van der Waals surface area contributed by atoms with Crippen molar-refractivity contribution in [1.29, 1.82) is 0 Å². The van der Waals surface area contributed by atoms with E-state index >= 15 is 0 Å². The van der Waals surface area contributed by atoms with Crippen LogP contribution in [-0.4, -0.2) is 111 Å². The monoisotopic (exact) mass is 705 g/mol. The highest BCUT2D eigenvalue weighted by Crippen LogP contribution is 2.81.